The van der Waals surface area contributed by atoms with Crippen LogP contribution in [0.25, 0.3) is 0 Å². The van der Waals surface area contributed by atoms with Gasteiger partial charge in [-0.15, -0.1) is 0 Å². The molecule has 1 rings (SSSR count). The molecule has 1 aliphatic rings. The highest BCUT2D eigenvalue weighted by Crippen LogP contribution is 2.20. The first kappa shape index (κ1) is 8.93. The van der Waals surface area contributed by atoms with E-state index in [1.165, 1.54) is 7.11 Å². The minimum atomic E-state index is -0.855. The normalized spacial score (nSPS) is 45.8. The van der Waals surface area contributed by atoms with Crippen molar-refractivity contribution < 1.29 is 19.7 Å². The van der Waals surface area contributed by atoms with E-state index < -0.39 is 12.4 Å². The fourth-order valence-electron chi connectivity index (χ4n) is 1.38. The van der Waals surface area contributed by atoms with Crippen LogP contribution in [0.15, 0.2) is 0 Å². The molecule has 1 saturated heterocycles. The number of ether oxygens (including phenoxy) is 2. The maximum Gasteiger partial charge on any atom is 0.157 e. The quantitative estimate of drug-likeness (QED) is 0.545. The monoisotopic (exact) mass is 162 g/mol. The van der Waals surface area contributed by atoms with Gasteiger partial charge in [0.15, 0.2) is 6.29 Å². The summed E-state index contributed by atoms with van der Waals surface area (Å²) in [6, 6.07) is 0. The van der Waals surface area contributed by atoms with Crippen molar-refractivity contribution in [1.82, 2.24) is 0 Å². The topological polar surface area (TPSA) is 58.9 Å². The van der Waals surface area contributed by atoms with E-state index in [9.17, 15) is 5.11 Å². The molecular weight excluding hydrogens is 148 g/mol. The van der Waals surface area contributed by atoms with Crippen molar-refractivity contribution in [1.29, 1.82) is 0 Å². The first-order valence-corrected chi connectivity index (χ1v) is 3.69. The highest BCUT2D eigenvalue weighted by molar-refractivity contribution is 4.80. The molecule has 0 aliphatic carbocycles. The van der Waals surface area contributed by atoms with Gasteiger partial charge in [0.25, 0.3) is 0 Å². The minimum absolute atomic E-state index is 0.225. The molecule has 0 unspecified atom stereocenters. The largest absolute Gasteiger partial charge is 0.390 e. The van der Waals surface area contributed by atoms with Crippen LogP contribution in [0, 0.1) is 0 Å². The Kier molecular flexibility index (Phi) is 2.84. The molecule has 0 bridgehead atoms. The van der Waals surface area contributed by atoms with Crippen LogP contribution in [0.5, 0.6) is 0 Å². The van der Waals surface area contributed by atoms with Gasteiger partial charge in [-0.2, -0.15) is 0 Å². The molecule has 4 atom stereocenters. The van der Waals surface area contributed by atoms with Gasteiger partial charge in [-0.25, -0.2) is 0 Å². The van der Waals surface area contributed by atoms with Gasteiger partial charge in [0.1, 0.15) is 6.10 Å². The highest BCUT2D eigenvalue weighted by atomic mass is 16.6. The van der Waals surface area contributed by atoms with E-state index in [2.05, 4.69) is 0 Å². The number of hydrogen-bond acceptors (Lipinski definition) is 4. The Hall–Kier alpha value is -0.160. The maximum atomic E-state index is 9.34. The zero-order valence-electron chi connectivity index (χ0n) is 6.73. The highest BCUT2D eigenvalue weighted by Gasteiger charge is 2.34. The predicted molar refractivity (Wildman–Crippen MR) is 38.0 cm³/mol. The molecule has 4 nitrogen and oxygen atoms in total. The van der Waals surface area contributed by atoms with Gasteiger partial charge in [0, 0.05) is 13.5 Å². The second kappa shape index (κ2) is 3.49. The van der Waals surface area contributed by atoms with Crippen LogP contribution in [-0.4, -0.2) is 41.9 Å². The van der Waals surface area contributed by atoms with Gasteiger partial charge in [0.05, 0.1) is 12.2 Å². The second-order valence-electron chi connectivity index (χ2n) is 2.80. The molecule has 0 saturated carbocycles. The average Bonchev–Trinajstić information content (AvgIpc) is 1.85. The van der Waals surface area contributed by atoms with Gasteiger partial charge in [0.2, 0.25) is 0 Å². The van der Waals surface area contributed by atoms with E-state index in [0.29, 0.717) is 0 Å². The third-order valence-corrected chi connectivity index (χ3v) is 1.93. The Morgan fingerprint density at radius 3 is 2.55 bits per heavy atom. The summed E-state index contributed by atoms with van der Waals surface area (Å²) < 4.78 is 10.0. The molecule has 1 aliphatic heterocycles. The Morgan fingerprint density at radius 1 is 1.45 bits per heavy atom. The van der Waals surface area contributed by atoms with Crippen molar-refractivity contribution in [2.75, 3.05) is 7.11 Å². The molecule has 1 heterocycles. The van der Waals surface area contributed by atoms with Crippen LogP contribution in [-0.2, 0) is 9.47 Å². The van der Waals surface area contributed by atoms with Gasteiger partial charge >= 0.3 is 0 Å². The predicted octanol–water partition coefficient (Wildman–Crippen LogP) is -0.510. The van der Waals surface area contributed by atoms with E-state index in [-0.39, 0.29) is 18.6 Å². The van der Waals surface area contributed by atoms with Crippen LogP contribution in [0.1, 0.15) is 13.3 Å². The Morgan fingerprint density at radius 2 is 2.09 bits per heavy atom. The van der Waals surface area contributed by atoms with E-state index in [1.807, 2.05) is 0 Å². The first-order chi connectivity index (χ1) is 5.15. The van der Waals surface area contributed by atoms with Crippen molar-refractivity contribution in [2.45, 2.75) is 37.9 Å². The molecule has 0 aromatic rings. The van der Waals surface area contributed by atoms with Crippen LogP contribution >= 0.6 is 0 Å². The number of aliphatic hydroxyl groups excluding tert-OH is 2. The molecule has 0 radical (unpaired) electrons. The number of hydrogen-bond donors (Lipinski definition) is 2. The van der Waals surface area contributed by atoms with Crippen LogP contribution < -0.4 is 0 Å². The van der Waals surface area contributed by atoms with E-state index >= 15 is 0 Å². The van der Waals surface area contributed by atoms with Gasteiger partial charge in [-0.05, 0) is 6.92 Å². The number of aliphatic hydroxyl groups is 2. The lowest BCUT2D eigenvalue weighted by Crippen LogP contribution is -2.47. The molecule has 1 fully saturated rings. The fourth-order valence-corrected chi connectivity index (χ4v) is 1.38. The third-order valence-electron chi connectivity index (χ3n) is 1.93. The van der Waals surface area contributed by atoms with Crippen molar-refractivity contribution in [3.8, 4) is 0 Å². The van der Waals surface area contributed by atoms with Crippen LogP contribution in [0.4, 0.5) is 0 Å². The Balaban J connectivity index is 2.52. The molecule has 11 heavy (non-hydrogen) atoms. The van der Waals surface area contributed by atoms with Crippen molar-refractivity contribution in [3.05, 3.63) is 0 Å². The van der Waals surface area contributed by atoms with Gasteiger partial charge in [-0.3, -0.25) is 0 Å². The lowest BCUT2D eigenvalue weighted by molar-refractivity contribution is -0.232. The summed E-state index contributed by atoms with van der Waals surface area (Å²) in [5.41, 5.74) is 0. The molecular formula is C7H14O4. The summed E-state index contributed by atoms with van der Waals surface area (Å²) in [4.78, 5) is 0. The minimum Gasteiger partial charge on any atom is -0.390 e. The molecule has 66 valence electrons. The lowest BCUT2D eigenvalue weighted by atomic mass is 10.0. The summed E-state index contributed by atoms with van der Waals surface area (Å²) in [5, 5.41) is 18.4. The SMILES string of the molecule is CO[C@H]1[C@H](C)O[C@H](O)C[C@@H]1O. The number of methoxy groups -OCH3 is 1. The van der Waals surface area contributed by atoms with Crippen molar-refractivity contribution >= 4 is 0 Å². The standard InChI is InChI=1S/C7H14O4/c1-4-7(10-2)5(8)3-6(9)11-4/h4-9H,3H2,1-2H3/t4-,5-,6-,7-/m0/s1. The van der Waals surface area contributed by atoms with Crippen molar-refractivity contribution in [3.63, 3.8) is 0 Å². The first-order valence-electron chi connectivity index (χ1n) is 3.69. The molecule has 4 heteroatoms. The summed E-state index contributed by atoms with van der Waals surface area (Å²) in [6.07, 6.45) is -1.83. The third kappa shape index (κ3) is 1.90. The molecule has 0 aromatic heterocycles. The van der Waals surface area contributed by atoms with Gasteiger partial charge in [-0.1, -0.05) is 0 Å². The molecule has 0 aromatic carbocycles. The summed E-state index contributed by atoms with van der Waals surface area (Å²) in [7, 11) is 1.52. The van der Waals surface area contributed by atoms with E-state index in [0.717, 1.165) is 0 Å². The van der Waals surface area contributed by atoms with Crippen LogP contribution in [0.2, 0.25) is 0 Å². The average molecular weight is 162 g/mol. The summed E-state index contributed by atoms with van der Waals surface area (Å²) >= 11 is 0. The zero-order valence-corrected chi connectivity index (χ0v) is 6.73. The molecule has 2 N–H and O–H groups in total. The lowest BCUT2D eigenvalue weighted by Gasteiger charge is -2.34. The van der Waals surface area contributed by atoms with Gasteiger partial charge < -0.3 is 19.7 Å². The number of rotatable bonds is 1. The Bertz CT molecular complexity index is 116. The zero-order chi connectivity index (χ0) is 8.43. The second-order valence-corrected chi connectivity index (χ2v) is 2.80. The van der Waals surface area contributed by atoms with E-state index in [4.69, 9.17) is 14.6 Å². The van der Waals surface area contributed by atoms with E-state index in [1.54, 1.807) is 6.92 Å². The van der Waals surface area contributed by atoms with Crippen molar-refractivity contribution in [2.24, 2.45) is 0 Å². The smallest absolute Gasteiger partial charge is 0.157 e. The summed E-state index contributed by atoms with van der Waals surface area (Å²) in [5.74, 6) is 0. The fraction of sp³-hybridized carbons (Fsp3) is 1.00. The molecule has 0 spiro atoms. The maximum absolute atomic E-state index is 9.34. The van der Waals surface area contributed by atoms with Crippen LogP contribution in [0.3, 0.4) is 0 Å². The molecule has 0 amide bonds. The summed E-state index contributed by atoms with van der Waals surface area (Å²) in [6.45, 7) is 1.76. The Labute approximate surface area is 65.7 Å².